The number of carbonyl (C=O) groups is 2. The van der Waals surface area contributed by atoms with Gasteiger partial charge in [-0.05, 0) is 75.1 Å². The molecule has 0 radical (unpaired) electrons. The molecule has 5 rings (SSSR count). The fourth-order valence-corrected chi connectivity index (χ4v) is 6.24. The van der Waals surface area contributed by atoms with Crippen molar-refractivity contribution >= 4 is 12.0 Å². The van der Waals surface area contributed by atoms with Gasteiger partial charge in [-0.3, -0.25) is 10.2 Å². The summed E-state index contributed by atoms with van der Waals surface area (Å²) in [5.74, 6) is 2.46. The molecule has 5 atom stereocenters. The molecule has 2 aliphatic carbocycles. The maximum absolute atomic E-state index is 13.3. The van der Waals surface area contributed by atoms with Crippen LogP contribution in [-0.2, 0) is 4.79 Å². The summed E-state index contributed by atoms with van der Waals surface area (Å²) in [6.07, 6.45) is 5.23. The number of ether oxygens (including phenoxy) is 2. The second-order valence-electron chi connectivity index (χ2n) is 10.2. The maximum Gasteiger partial charge on any atom is 0.415 e. The summed E-state index contributed by atoms with van der Waals surface area (Å²) in [6.45, 7) is 6.29. The van der Waals surface area contributed by atoms with Gasteiger partial charge < -0.3 is 19.3 Å². The van der Waals surface area contributed by atoms with Crippen molar-refractivity contribution in [1.82, 2.24) is 20.2 Å². The first-order valence-corrected chi connectivity index (χ1v) is 12.4. The first-order chi connectivity index (χ1) is 15.9. The summed E-state index contributed by atoms with van der Waals surface area (Å²) >= 11 is 0. The molecule has 4 aliphatic rings. The number of nitrogens with one attached hydrogen (secondary N) is 1. The molecule has 2 saturated carbocycles. The normalized spacial score (nSPS) is 32.4. The number of methoxy groups -OCH3 is 1. The molecule has 2 amide bonds. The first kappa shape index (κ1) is 22.5. The van der Waals surface area contributed by atoms with Crippen molar-refractivity contribution in [1.29, 1.82) is 0 Å². The number of hydrogen-bond acceptors (Lipinski definition) is 6. The van der Waals surface area contributed by atoms with Crippen LogP contribution in [0.2, 0.25) is 0 Å². The Morgan fingerprint density at radius 2 is 1.70 bits per heavy atom. The van der Waals surface area contributed by atoms with Gasteiger partial charge >= 0.3 is 6.09 Å². The van der Waals surface area contributed by atoms with Crippen molar-refractivity contribution < 1.29 is 19.1 Å². The summed E-state index contributed by atoms with van der Waals surface area (Å²) in [5.41, 5.74) is 3.60. The van der Waals surface area contributed by atoms with Crippen molar-refractivity contribution in [3.8, 4) is 11.5 Å². The highest BCUT2D eigenvalue weighted by molar-refractivity contribution is 5.76. The zero-order chi connectivity index (χ0) is 23.1. The Hall–Kier alpha value is -2.32. The van der Waals surface area contributed by atoms with E-state index in [1.807, 2.05) is 16.7 Å². The van der Waals surface area contributed by atoms with Crippen molar-refractivity contribution in [3.05, 3.63) is 24.3 Å². The number of fused-ring (bicyclic) bond motifs is 1. The fourth-order valence-electron chi connectivity index (χ4n) is 6.24. The van der Waals surface area contributed by atoms with E-state index in [4.69, 9.17) is 9.47 Å². The number of piperazine rings is 1. The Labute approximate surface area is 196 Å². The van der Waals surface area contributed by atoms with Crippen LogP contribution in [0.15, 0.2) is 24.3 Å². The molecule has 0 bridgehead atoms. The first-order valence-electron chi connectivity index (χ1n) is 12.4. The Morgan fingerprint density at radius 1 is 0.970 bits per heavy atom. The molecule has 8 nitrogen and oxygen atoms in total. The van der Waals surface area contributed by atoms with E-state index in [1.54, 1.807) is 38.3 Å². The molecule has 2 aliphatic heterocycles. The van der Waals surface area contributed by atoms with Crippen LogP contribution in [-0.4, -0.2) is 77.7 Å². The summed E-state index contributed by atoms with van der Waals surface area (Å²) < 4.78 is 11.0. The highest BCUT2D eigenvalue weighted by Crippen LogP contribution is 2.41. The standard InChI is InChI=1S/C25H36N4O4/c1-16-14-27(25(31)33-22-9-7-21(32-3)8-10-22)24-12-18(4-11-23(24)29(16)17(2)30)19-13-26-28(15-19)20-5-6-20/h7-10,16,18-20,23-24,26H,4-6,11-15H2,1-3H3/t16-,18?,19?,23?,24?/m0/s1. The monoisotopic (exact) mass is 456 g/mol. The van der Waals surface area contributed by atoms with Crippen LogP contribution >= 0.6 is 0 Å². The van der Waals surface area contributed by atoms with Crippen LogP contribution in [0.25, 0.3) is 0 Å². The average molecular weight is 457 g/mol. The predicted octanol–water partition coefficient (Wildman–Crippen LogP) is 2.88. The molecule has 8 heteroatoms. The van der Waals surface area contributed by atoms with E-state index in [0.29, 0.717) is 30.2 Å². The van der Waals surface area contributed by atoms with E-state index in [9.17, 15) is 9.59 Å². The minimum Gasteiger partial charge on any atom is -0.497 e. The Bertz CT molecular complexity index is 874. The lowest BCUT2D eigenvalue weighted by molar-refractivity contribution is -0.142. The van der Waals surface area contributed by atoms with Crippen molar-refractivity contribution in [2.75, 3.05) is 26.7 Å². The molecule has 0 spiro atoms. The fraction of sp³-hybridized carbons (Fsp3) is 0.680. The number of hydrazine groups is 1. The van der Waals surface area contributed by atoms with Crippen molar-refractivity contribution in [2.24, 2.45) is 11.8 Å². The molecule has 2 saturated heterocycles. The van der Waals surface area contributed by atoms with Crippen LogP contribution in [0.4, 0.5) is 4.79 Å². The third-order valence-electron chi connectivity index (χ3n) is 8.02. The number of rotatable bonds is 4. The van der Waals surface area contributed by atoms with E-state index in [2.05, 4.69) is 10.4 Å². The molecular formula is C25H36N4O4. The zero-order valence-electron chi connectivity index (χ0n) is 19.9. The van der Waals surface area contributed by atoms with Gasteiger partial charge in [0.05, 0.1) is 19.2 Å². The van der Waals surface area contributed by atoms with Gasteiger partial charge in [-0.1, -0.05) is 0 Å². The minimum atomic E-state index is -0.324. The SMILES string of the molecule is COc1ccc(OC(=O)N2C[C@H](C)N(C(C)=O)C3CCC(C4CNN(C5CC5)C4)CC32)cc1. The van der Waals surface area contributed by atoms with Crippen LogP contribution in [0.1, 0.15) is 46.0 Å². The van der Waals surface area contributed by atoms with Crippen LogP contribution < -0.4 is 14.9 Å². The largest absolute Gasteiger partial charge is 0.497 e. The third kappa shape index (κ3) is 4.55. The molecule has 1 N–H and O–H groups in total. The van der Waals surface area contributed by atoms with Gasteiger partial charge in [-0.25, -0.2) is 9.80 Å². The number of benzene rings is 1. The number of hydrogen-bond donors (Lipinski definition) is 1. The number of amides is 2. The molecule has 33 heavy (non-hydrogen) atoms. The summed E-state index contributed by atoms with van der Waals surface area (Å²) in [4.78, 5) is 29.8. The predicted molar refractivity (Wildman–Crippen MR) is 124 cm³/mol. The van der Waals surface area contributed by atoms with Crippen LogP contribution in [0, 0.1) is 11.8 Å². The molecular weight excluding hydrogens is 420 g/mol. The molecule has 1 aromatic carbocycles. The second kappa shape index (κ2) is 9.14. The molecule has 180 valence electrons. The van der Waals surface area contributed by atoms with E-state index >= 15 is 0 Å². The quantitative estimate of drug-likeness (QED) is 0.751. The smallest absolute Gasteiger partial charge is 0.415 e. The van der Waals surface area contributed by atoms with Gasteiger partial charge in [0.15, 0.2) is 0 Å². The topological polar surface area (TPSA) is 74.3 Å². The van der Waals surface area contributed by atoms with E-state index in [0.717, 1.165) is 38.1 Å². The van der Waals surface area contributed by atoms with Gasteiger partial charge in [-0.2, -0.15) is 0 Å². The summed E-state index contributed by atoms with van der Waals surface area (Å²) in [6, 6.07) is 7.82. The van der Waals surface area contributed by atoms with Gasteiger partial charge in [0.2, 0.25) is 5.91 Å². The summed E-state index contributed by atoms with van der Waals surface area (Å²) in [5, 5.41) is 2.43. The maximum atomic E-state index is 13.3. The van der Waals surface area contributed by atoms with E-state index in [1.165, 1.54) is 12.8 Å². The van der Waals surface area contributed by atoms with E-state index in [-0.39, 0.29) is 30.1 Å². The average Bonchev–Trinajstić information content (AvgIpc) is 3.54. The summed E-state index contributed by atoms with van der Waals surface area (Å²) in [7, 11) is 1.61. The van der Waals surface area contributed by atoms with Crippen molar-refractivity contribution in [2.45, 2.75) is 70.1 Å². The lowest BCUT2D eigenvalue weighted by Gasteiger charge is -2.54. The molecule has 2 heterocycles. The number of carbonyl (C=O) groups excluding carboxylic acids is 2. The second-order valence-corrected chi connectivity index (χ2v) is 10.2. The number of nitrogens with zero attached hydrogens (tertiary/aromatic N) is 3. The highest BCUT2D eigenvalue weighted by atomic mass is 16.6. The Kier molecular flexibility index (Phi) is 6.22. The zero-order valence-corrected chi connectivity index (χ0v) is 19.9. The minimum absolute atomic E-state index is 0.00965. The van der Waals surface area contributed by atoms with Gasteiger partial charge in [0.1, 0.15) is 11.5 Å². The lowest BCUT2D eigenvalue weighted by atomic mass is 9.73. The van der Waals surface area contributed by atoms with Crippen molar-refractivity contribution in [3.63, 3.8) is 0 Å². The van der Waals surface area contributed by atoms with Gasteiger partial charge in [0.25, 0.3) is 0 Å². The Balaban J connectivity index is 1.32. The molecule has 0 aromatic heterocycles. The van der Waals surface area contributed by atoms with Crippen LogP contribution in [0.3, 0.4) is 0 Å². The van der Waals surface area contributed by atoms with Gasteiger partial charge in [-0.15, -0.1) is 0 Å². The van der Waals surface area contributed by atoms with E-state index < -0.39 is 0 Å². The van der Waals surface area contributed by atoms with Crippen LogP contribution in [0.5, 0.6) is 11.5 Å². The Morgan fingerprint density at radius 3 is 2.36 bits per heavy atom. The molecule has 4 fully saturated rings. The molecule has 4 unspecified atom stereocenters. The van der Waals surface area contributed by atoms with Gasteiger partial charge in [0, 0.05) is 38.6 Å². The molecule has 1 aromatic rings. The third-order valence-corrected chi connectivity index (χ3v) is 8.02. The highest BCUT2D eigenvalue weighted by Gasteiger charge is 2.49. The lowest BCUT2D eigenvalue weighted by Crippen LogP contribution is -2.67.